The fourth-order valence-corrected chi connectivity index (χ4v) is 2.89. The van der Waals surface area contributed by atoms with Crippen LogP contribution in [-0.4, -0.2) is 30.3 Å². The van der Waals surface area contributed by atoms with Gasteiger partial charge in [-0.25, -0.2) is 0 Å². The number of anilines is 2. The molecule has 1 atom stereocenters. The third kappa shape index (κ3) is 4.98. The molecule has 1 heterocycles. The predicted molar refractivity (Wildman–Crippen MR) is 112 cm³/mol. The van der Waals surface area contributed by atoms with Crippen LogP contribution >= 0.6 is 11.6 Å². The molecule has 1 aliphatic rings. The van der Waals surface area contributed by atoms with Crippen molar-refractivity contribution in [3.63, 3.8) is 0 Å². The summed E-state index contributed by atoms with van der Waals surface area (Å²) in [5.41, 5.74) is 2.41. The Hall–Kier alpha value is -2.68. The van der Waals surface area contributed by atoms with Gasteiger partial charge < -0.3 is 20.5 Å². The molecule has 0 radical (unpaired) electrons. The summed E-state index contributed by atoms with van der Waals surface area (Å²) < 4.78 is 5.63. The van der Waals surface area contributed by atoms with Crippen LogP contribution in [0.3, 0.4) is 0 Å². The second kappa shape index (κ2) is 8.14. The number of hydrogen-bond donors (Lipinski definition) is 3. The highest BCUT2D eigenvalue weighted by atomic mass is 35.5. The number of fused-ring (bicyclic) bond motifs is 1. The molecule has 0 spiro atoms. The molecule has 1 aliphatic heterocycles. The molecule has 0 unspecified atom stereocenters. The Morgan fingerprint density at radius 1 is 1.32 bits per heavy atom. The third-order valence-corrected chi connectivity index (χ3v) is 4.37. The summed E-state index contributed by atoms with van der Waals surface area (Å²) in [5.74, 6) is 6.54. The van der Waals surface area contributed by atoms with Gasteiger partial charge >= 0.3 is 0 Å². The van der Waals surface area contributed by atoms with Gasteiger partial charge in [-0.1, -0.05) is 23.4 Å². The Labute approximate surface area is 170 Å². The monoisotopic (exact) mass is 398 g/mol. The average molecular weight is 399 g/mol. The summed E-state index contributed by atoms with van der Waals surface area (Å²) in [7, 11) is 0. The van der Waals surface area contributed by atoms with Gasteiger partial charge in [-0.2, -0.15) is 0 Å². The molecule has 1 amide bonds. The van der Waals surface area contributed by atoms with Crippen molar-refractivity contribution in [3.8, 4) is 17.6 Å². The van der Waals surface area contributed by atoms with E-state index in [4.69, 9.17) is 16.3 Å². The summed E-state index contributed by atoms with van der Waals surface area (Å²) in [5, 5.41) is 15.6. The van der Waals surface area contributed by atoms with Crippen LogP contribution in [0.25, 0.3) is 0 Å². The first-order valence-electron chi connectivity index (χ1n) is 9.03. The summed E-state index contributed by atoms with van der Waals surface area (Å²) in [6.07, 6.45) is 0. The minimum atomic E-state index is -0.308. The number of benzene rings is 2. The van der Waals surface area contributed by atoms with E-state index in [1.165, 1.54) is 0 Å². The number of rotatable bonds is 3. The molecular formula is C22H23ClN2O3. The van der Waals surface area contributed by atoms with Crippen molar-refractivity contribution in [1.82, 2.24) is 0 Å². The van der Waals surface area contributed by atoms with Crippen LogP contribution in [-0.2, 0) is 0 Å². The van der Waals surface area contributed by atoms with Crippen molar-refractivity contribution in [3.05, 3.63) is 52.5 Å². The maximum Gasteiger partial charge on any atom is 0.257 e. The lowest BCUT2D eigenvalue weighted by Gasteiger charge is -2.26. The fourth-order valence-electron chi connectivity index (χ4n) is 2.62. The quantitative estimate of drug-likeness (QED) is 0.679. The van der Waals surface area contributed by atoms with E-state index in [-0.39, 0.29) is 24.0 Å². The molecule has 2 aromatic rings. The minimum Gasteiger partial charge on any atom is -0.489 e. The zero-order valence-electron chi connectivity index (χ0n) is 16.1. The molecule has 6 heteroatoms. The molecule has 3 N–H and O–H groups in total. The van der Waals surface area contributed by atoms with Crippen LogP contribution in [0.15, 0.2) is 36.4 Å². The van der Waals surface area contributed by atoms with Gasteiger partial charge in [-0.15, -0.1) is 0 Å². The van der Waals surface area contributed by atoms with Gasteiger partial charge in [0.2, 0.25) is 0 Å². The second-order valence-corrected chi connectivity index (χ2v) is 8.10. The Balaban J connectivity index is 1.74. The van der Waals surface area contributed by atoms with E-state index in [0.717, 1.165) is 11.3 Å². The molecule has 0 aliphatic carbocycles. The Morgan fingerprint density at radius 2 is 2.11 bits per heavy atom. The number of halogens is 1. The Bertz CT molecular complexity index is 954. The van der Waals surface area contributed by atoms with Gasteiger partial charge in [0.15, 0.2) is 0 Å². The van der Waals surface area contributed by atoms with Crippen molar-refractivity contribution in [2.75, 3.05) is 23.8 Å². The first-order chi connectivity index (χ1) is 13.2. The summed E-state index contributed by atoms with van der Waals surface area (Å²) in [4.78, 5) is 12.6. The van der Waals surface area contributed by atoms with E-state index in [1.807, 2.05) is 20.8 Å². The van der Waals surface area contributed by atoms with E-state index >= 15 is 0 Å². The molecule has 5 nitrogen and oxygen atoms in total. The van der Waals surface area contributed by atoms with E-state index in [2.05, 4.69) is 22.5 Å². The van der Waals surface area contributed by atoms with Crippen molar-refractivity contribution in [2.24, 2.45) is 5.41 Å². The number of nitrogens with one attached hydrogen (secondary N) is 2. The summed E-state index contributed by atoms with van der Waals surface area (Å²) in [6, 6.07) is 10.3. The van der Waals surface area contributed by atoms with Gasteiger partial charge in [0.1, 0.15) is 12.4 Å². The molecule has 146 valence electrons. The van der Waals surface area contributed by atoms with E-state index in [0.29, 0.717) is 28.6 Å². The van der Waals surface area contributed by atoms with Gasteiger partial charge in [0.25, 0.3) is 5.91 Å². The average Bonchev–Trinajstić information content (AvgIpc) is 2.65. The fraction of sp³-hybridized carbons (Fsp3) is 0.318. The van der Waals surface area contributed by atoms with Crippen LogP contribution < -0.4 is 15.4 Å². The highest BCUT2D eigenvalue weighted by Crippen LogP contribution is 2.32. The van der Waals surface area contributed by atoms with Crippen molar-refractivity contribution >= 4 is 28.9 Å². The predicted octanol–water partition coefficient (Wildman–Crippen LogP) is 4.16. The minimum absolute atomic E-state index is 0.00739. The molecule has 3 rings (SSSR count). The number of carbonyl (C=O) groups excluding carboxylic acids is 1. The lowest BCUT2D eigenvalue weighted by Crippen LogP contribution is -2.34. The first kappa shape index (κ1) is 20.1. The number of carbonyl (C=O) groups is 1. The zero-order chi connectivity index (χ0) is 20.3. The van der Waals surface area contributed by atoms with Gasteiger partial charge in [-0.3, -0.25) is 4.79 Å². The Morgan fingerprint density at radius 3 is 2.79 bits per heavy atom. The number of ether oxygens (including phenoxy) is 1. The van der Waals surface area contributed by atoms with Gasteiger partial charge in [0, 0.05) is 22.7 Å². The SMILES string of the molecule is CC(C)(C)C#Cc1ccc(C(=O)Nc2ccc3c(c2)OC[C@@H](CO)N3)c(Cl)c1. The molecule has 0 bridgehead atoms. The molecule has 28 heavy (non-hydrogen) atoms. The molecular weight excluding hydrogens is 376 g/mol. The lowest BCUT2D eigenvalue weighted by atomic mass is 9.97. The third-order valence-electron chi connectivity index (χ3n) is 4.06. The van der Waals surface area contributed by atoms with E-state index < -0.39 is 0 Å². The van der Waals surface area contributed by atoms with Gasteiger partial charge in [-0.05, 0) is 51.1 Å². The normalized spacial score (nSPS) is 15.4. The summed E-state index contributed by atoms with van der Waals surface area (Å²) in [6.45, 7) is 6.46. The second-order valence-electron chi connectivity index (χ2n) is 7.69. The van der Waals surface area contributed by atoms with Crippen LogP contribution in [0.4, 0.5) is 11.4 Å². The zero-order valence-corrected chi connectivity index (χ0v) is 16.9. The van der Waals surface area contributed by atoms with Gasteiger partial charge in [0.05, 0.1) is 28.9 Å². The van der Waals surface area contributed by atoms with E-state index in [1.54, 1.807) is 36.4 Å². The van der Waals surface area contributed by atoms with Crippen molar-refractivity contribution in [2.45, 2.75) is 26.8 Å². The lowest BCUT2D eigenvalue weighted by molar-refractivity contribution is 0.102. The summed E-state index contributed by atoms with van der Waals surface area (Å²) >= 11 is 6.30. The topological polar surface area (TPSA) is 70.6 Å². The molecule has 0 saturated carbocycles. The first-order valence-corrected chi connectivity index (χ1v) is 9.41. The van der Waals surface area contributed by atoms with Crippen LogP contribution in [0, 0.1) is 17.3 Å². The van der Waals surface area contributed by atoms with E-state index in [9.17, 15) is 9.90 Å². The standard InChI is InChI=1S/C22H23ClN2O3/c1-22(2,3)9-8-14-4-6-17(18(23)10-14)21(27)25-15-5-7-19-20(11-15)28-13-16(12-26)24-19/h4-7,10-11,16,24,26H,12-13H2,1-3H3,(H,25,27)/t16-/m1/s1. The smallest absolute Gasteiger partial charge is 0.257 e. The Kier molecular flexibility index (Phi) is 5.83. The van der Waals surface area contributed by atoms with Crippen molar-refractivity contribution < 1.29 is 14.6 Å². The number of amides is 1. The molecule has 0 saturated heterocycles. The largest absolute Gasteiger partial charge is 0.489 e. The molecule has 2 aromatic carbocycles. The van der Waals surface area contributed by atoms with Crippen LogP contribution in [0.1, 0.15) is 36.7 Å². The number of aliphatic hydroxyl groups is 1. The number of aliphatic hydroxyl groups excluding tert-OH is 1. The highest BCUT2D eigenvalue weighted by molar-refractivity contribution is 6.34. The van der Waals surface area contributed by atoms with Crippen LogP contribution in [0.5, 0.6) is 5.75 Å². The van der Waals surface area contributed by atoms with Crippen LogP contribution in [0.2, 0.25) is 5.02 Å². The number of hydrogen-bond acceptors (Lipinski definition) is 4. The molecule has 0 aromatic heterocycles. The van der Waals surface area contributed by atoms with Crippen molar-refractivity contribution in [1.29, 1.82) is 0 Å². The maximum absolute atomic E-state index is 12.6. The molecule has 0 fully saturated rings. The highest BCUT2D eigenvalue weighted by Gasteiger charge is 2.19. The maximum atomic E-state index is 12.6.